The molecule has 2 bridgehead atoms. The van der Waals surface area contributed by atoms with Crippen molar-refractivity contribution in [2.75, 3.05) is 29.5 Å². The van der Waals surface area contributed by atoms with Crippen LogP contribution in [0.5, 0.6) is 5.75 Å². The van der Waals surface area contributed by atoms with Crippen LogP contribution < -0.4 is 21.1 Å². The molecule has 2 aliphatic carbocycles. The molecule has 3 aliphatic rings. The lowest BCUT2D eigenvalue weighted by atomic mass is 9.89. The van der Waals surface area contributed by atoms with Crippen LogP contribution in [0, 0.1) is 17.8 Å². The van der Waals surface area contributed by atoms with Crippen LogP contribution in [0.1, 0.15) is 25.7 Å². The van der Waals surface area contributed by atoms with Crippen molar-refractivity contribution in [3.05, 3.63) is 12.1 Å². The molecule has 3 unspecified atom stereocenters. The second-order valence-corrected chi connectivity index (χ2v) is 6.59. The third-order valence-corrected chi connectivity index (χ3v) is 5.22. The minimum absolute atomic E-state index is 0.0599. The largest absolute Gasteiger partial charge is 0.482 e. The van der Waals surface area contributed by atoms with Gasteiger partial charge in [-0.2, -0.15) is 0 Å². The predicted octanol–water partition coefficient (Wildman–Crippen LogP) is 2.45. The number of benzene rings is 1. The number of rotatable bonds is 3. The first-order valence-electron chi connectivity index (χ1n) is 7.79. The van der Waals surface area contributed by atoms with E-state index in [4.69, 9.17) is 10.5 Å². The summed E-state index contributed by atoms with van der Waals surface area (Å²) in [4.78, 5) is 11.4. The molecular weight excluding hydrogens is 266 g/mol. The summed E-state index contributed by atoms with van der Waals surface area (Å²) in [7, 11) is 0. The number of anilines is 3. The lowest BCUT2D eigenvalue weighted by Crippen LogP contribution is -2.26. The molecule has 1 amide bonds. The van der Waals surface area contributed by atoms with Crippen molar-refractivity contribution in [2.45, 2.75) is 25.7 Å². The Hall–Kier alpha value is -1.91. The predicted molar refractivity (Wildman–Crippen MR) is 82.4 cm³/mol. The van der Waals surface area contributed by atoms with Gasteiger partial charge < -0.3 is 21.1 Å². The van der Waals surface area contributed by atoms with Crippen LogP contribution in [-0.4, -0.2) is 19.1 Å². The van der Waals surface area contributed by atoms with Gasteiger partial charge in [-0.1, -0.05) is 6.42 Å². The fourth-order valence-electron chi connectivity index (χ4n) is 4.16. The van der Waals surface area contributed by atoms with Crippen molar-refractivity contribution in [2.24, 2.45) is 17.8 Å². The van der Waals surface area contributed by atoms with Gasteiger partial charge >= 0.3 is 0 Å². The summed E-state index contributed by atoms with van der Waals surface area (Å²) in [6.45, 7) is 1.03. The number of ether oxygens (including phenoxy) is 1. The Morgan fingerprint density at radius 1 is 1.33 bits per heavy atom. The molecule has 21 heavy (non-hydrogen) atoms. The average molecular weight is 287 g/mol. The van der Waals surface area contributed by atoms with Crippen molar-refractivity contribution in [3.63, 3.8) is 0 Å². The molecule has 1 heterocycles. The second kappa shape index (κ2) is 4.83. The first kappa shape index (κ1) is 12.8. The van der Waals surface area contributed by atoms with E-state index in [-0.39, 0.29) is 12.5 Å². The topological polar surface area (TPSA) is 76.4 Å². The van der Waals surface area contributed by atoms with Crippen LogP contribution in [0.3, 0.4) is 0 Å². The number of nitrogen functional groups attached to an aromatic ring is 1. The van der Waals surface area contributed by atoms with Crippen molar-refractivity contribution in [3.8, 4) is 5.75 Å². The van der Waals surface area contributed by atoms with Crippen LogP contribution in [0.2, 0.25) is 0 Å². The van der Waals surface area contributed by atoms with Gasteiger partial charge in [0.2, 0.25) is 0 Å². The van der Waals surface area contributed by atoms with E-state index in [9.17, 15) is 4.79 Å². The summed E-state index contributed by atoms with van der Waals surface area (Å²) in [5, 5.41) is 6.30. The number of nitrogens with two attached hydrogens (primary N) is 1. The highest BCUT2D eigenvalue weighted by atomic mass is 16.5. The van der Waals surface area contributed by atoms with Gasteiger partial charge in [0, 0.05) is 12.6 Å². The molecule has 1 aromatic carbocycles. The maximum absolute atomic E-state index is 11.4. The minimum Gasteiger partial charge on any atom is -0.482 e. The molecule has 0 saturated heterocycles. The van der Waals surface area contributed by atoms with Gasteiger partial charge in [-0.15, -0.1) is 0 Å². The summed E-state index contributed by atoms with van der Waals surface area (Å²) in [6, 6.07) is 3.67. The Balaban J connectivity index is 1.47. The number of carbonyl (C=O) groups excluding carboxylic acids is 1. The average Bonchev–Trinajstić information content (AvgIpc) is 3.08. The molecule has 5 heteroatoms. The van der Waals surface area contributed by atoms with Gasteiger partial charge in [0.25, 0.3) is 5.91 Å². The van der Waals surface area contributed by atoms with E-state index in [1.54, 1.807) is 6.07 Å². The summed E-state index contributed by atoms with van der Waals surface area (Å²) >= 11 is 0. The minimum atomic E-state index is -0.119. The Morgan fingerprint density at radius 2 is 2.24 bits per heavy atom. The highest BCUT2D eigenvalue weighted by molar-refractivity contribution is 5.97. The van der Waals surface area contributed by atoms with E-state index in [0.29, 0.717) is 17.1 Å². The molecule has 5 nitrogen and oxygen atoms in total. The maximum Gasteiger partial charge on any atom is 0.262 e. The third kappa shape index (κ3) is 2.30. The quantitative estimate of drug-likeness (QED) is 0.746. The van der Waals surface area contributed by atoms with Gasteiger partial charge in [0.05, 0.1) is 17.1 Å². The van der Waals surface area contributed by atoms with E-state index in [1.807, 2.05) is 6.07 Å². The smallest absolute Gasteiger partial charge is 0.262 e. The zero-order valence-electron chi connectivity index (χ0n) is 12.0. The van der Waals surface area contributed by atoms with E-state index in [2.05, 4.69) is 10.6 Å². The van der Waals surface area contributed by atoms with E-state index in [1.165, 1.54) is 25.7 Å². The molecule has 0 aromatic heterocycles. The van der Waals surface area contributed by atoms with Gasteiger partial charge in [-0.25, -0.2) is 0 Å². The summed E-state index contributed by atoms with van der Waals surface area (Å²) in [5.41, 5.74) is 8.35. The van der Waals surface area contributed by atoms with Crippen molar-refractivity contribution < 1.29 is 9.53 Å². The number of carbonyl (C=O) groups is 1. The van der Waals surface area contributed by atoms with E-state index >= 15 is 0 Å². The molecule has 0 radical (unpaired) electrons. The van der Waals surface area contributed by atoms with Gasteiger partial charge in [0.1, 0.15) is 5.75 Å². The van der Waals surface area contributed by atoms with Crippen LogP contribution in [-0.2, 0) is 4.79 Å². The zero-order chi connectivity index (χ0) is 14.4. The van der Waals surface area contributed by atoms with Crippen LogP contribution in [0.4, 0.5) is 17.1 Å². The molecule has 2 fully saturated rings. The Kier molecular flexibility index (Phi) is 2.94. The van der Waals surface area contributed by atoms with Crippen LogP contribution in [0.15, 0.2) is 12.1 Å². The third-order valence-electron chi connectivity index (χ3n) is 5.22. The van der Waals surface area contributed by atoms with Crippen molar-refractivity contribution >= 4 is 23.0 Å². The van der Waals surface area contributed by atoms with Gasteiger partial charge in [0.15, 0.2) is 6.61 Å². The molecule has 2 saturated carbocycles. The number of amides is 1. The Labute approximate surface area is 124 Å². The first-order valence-corrected chi connectivity index (χ1v) is 7.79. The molecule has 112 valence electrons. The van der Waals surface area contributed by atoms with Gasteiger partial charge in [-0.3, -0.25) is 4.79 Å². The first-order chi connectivity index (χ1) is 10.2. The number of hydrogen-bond donors (Lipinski definition) is 3. The number of hydrogen-bond acceptors (Lipinski definition) is 4. The molecule has 4 N–H and O–H groups in total. The standard InChI is InChI=1S/C16H21N3O2/c17-12-5-15-14(19-16(20)8-21-15)6-13(12)18-7-11-4-9-1-2-10(11)3-9/h5-6,9-11,18H,1-4,7-8,17H2,(H,19,20). The zero-order valence-corrected chi connectivity index (χ0v) is 12.0. The molecule has 1 aromatic rings. The SMILES string of the molecule is Nc1cc2c(cc1NCC1CC3CCC1C3)NC(=O)CO2. The highest BCUT2D eigenvalue weighted by Gasteiger charge is 2.39. The van der Waals surface area contributed by atoms with Crippen LogP contribution in [0.25, 0.3) is 0 Å². The molecule has 3 atom stereocenters. The second-order valence-electron chi connectivity index (χ2n) is 6.59. The monoisotopic (exact) mass is 287 g/mol. The normalized spacial score (nSPS) is 29.7. The van der Waals surface area contributed by atoms with E-state index < -0.39 is 0 Å². The highest BCUT2D eigenvalue weighted by Crippen LogP contribution is 2.48. The van der Waals surface area contributed by atoms with Crippen molar-refractivity contribution in [1.29, 1.82) is 0 Å². The lowest BCUT2D eigenvalue weighted by Gasteiger charge is -2.24. The molecule has 4 rings (SSSR count). The fraction of sp³-hybridized carbons (Fsp3) is 0.562. The lowest BCUT2D eigenvalue weighted by molar-refractivity contribution is -0.118. The van der Waals surface area contributed by atoms with Gasteiger partial charge in [-0.05, 0) is 43.1 Å². The Bertz CT molecular complexity index is 587. The fourth-order valence-corrected chi connectivity index (χ4v) is 4.16. The van der Waals surface area contributed by atoms with Crippen molar-refractivity contribution in [1.82, 2.24) is 0 Å². The number of fused-ring (bicyclic) bond motifs is 3. The summed E-state index contributed by atoms with van der Waals surface area (Å²) < 4.78 is 5.37. The maximum atomic E-state index is 11.4. The molecule has 0 spiro atoms. The molecular formula is C16H21N3O2. The summed E-state index contributed by atoms with van der Waals surface area (Å²) in [5.74, 6) is 3.15. The Morgan fingerprint density at radius 3 is 3.00 bits per heavy atom. The molecule has 1 aliphatic heterocycles. The van der Waals surface area contributed by atoms with E-state index in [0.717, 1.165) is 30.0 Å². The van der Waals surface area contributed by atoms with Crippen LogP contribution >= 0.6 is 0 Å². The number of nitrogens with one attached hydrogen (secondary N) is 2. The summed E-state index contributed by atoms with van der Waals surface area (Å²) in [6.07, 6.45) is 5.57.